The molecule has 1 nitrogen and oxygen atoms in total. The predicted octanol–water partition coefficient (Wildman–Crippen LogP) is 7.34. The first-order chi connectivity index (χ1) is 10.8. The van der Waals surface area contributed by atoms with Gasteiger partial charge in [-0.1, -0.05) is 82.9 Å². The summed E-state index contributed by atoms with van der Waals surface area (Å²) in [4.78, 5) is 0. The summed E-state index contributed by atoms with van der Waals surface area (Å²) >= 11 is 2.21. The topological polar surface area (TPSA) is 20.2 Å². The number of hydrogen-bond donors (Lipinski definition) is 1. The van der Waals surface area contributed by atoms with Gasteiger partial charge in [-0.15, -0.1) is 0 Å². The van der Waals surface area contributed by atoms with Gasteiger partial charge in [-0.05, 0) is 54.7 Å². The van der Waals surface area contributed by atoms with Crippen molar-refractivity contribution in [2.45, 2.75) is 96.8 Å². The molecule has 2 heteroatoms. The monoisotopic (exact) mass is 420 g/mol. The first-order valence-corrected chi connectivity index (χ1v) is 10.5. The summed E-state index contributed by atoms with van der Waals surface area (Å²) in [7, 11) is 0. The van der Waals surface area contributed by atoms with Gasteiger partial charge in [0, 0.05) is 3.58 Å². The van der Waals surface area contributed by atoms with E-state index in [-0.39, 0.29) is 6.61 Å². The van der Waals surface area contributed by atoms with E-state index < -0.39 is 0 Å². The van der Waals surface area contributed by atoms with E-state index in [0.29, 0.717) is 0 Å². The molecule has 0 atom stereocenters. The van der Waals surface area contributed by atoms with Crippen LogP contribution in [-0.2, 0) is 0 Å². The first kappa shape index (κ1) is 22.2. The van der Waals surface area contributed by atoms with Crippen LogP contribution < -0.4 is 0 Å². The third kappa shape index (κ3) is 18.2. The van der Waals surface area contributed by atoms with Crippen molar-refractivity contribution in [1.29, 1.82) is 0 Å². The predicted molar refractivity (Wildman–Crippen MR) is 109 cm³/mol. The van der Waals surface area contributed by atoms with E-state index in [4.69, 9.17) is 5.11 Å². The molecule has 0 aromatic rings. The Bertz CT molecular complexity index is 271. The molecule has 0 bridgehead atoms. The van der Waals surface area contributed by atoms with Crippen molar-refractivity contribution in [1.82, 2.24) is 0 Å². The molecule has 22 heavy (non-hydrogen) atoms. The minimum Gasteiger partial charge on any atom is -0.391 e. The maximum Gasteiger partial charge on any atom is 0.0735 e. The van der Waals surface area contributed by atoms with Crippen molar-refractivity contribution >= 4 is 22.6 Å². The van der Waals surface area contributed by atoms with E-state index in [1.54, 1.807) is 0 Å². The molecule has 0 saturated heterocycles. The Labute approximate surface area is 152 Å². The Hall–Kier alpha value is 0.170. The SMILES string of the molecule is CCCC/C=C\CCCCCCCCCCC/C=C(\I)CO. The van der Waals surface area contributed by atoms with E-state index in [1.807, 2.05) is 0 Å². The highest BCUT2D eigenvalue weighted by molar-refractivity contribution is 14.1. The second kappa shape index (κ2) is 19.2. The molecule has 0 aromatic carbocycles. The molecular weight excluding hydrogens is 383 g/mol. The minimum absolute atomic E-state index is 0.203. The fourth-order valence-electron chi connectivity index (χ4n) is 2.52. The van der Waals surface area contributed by atoms with Gasteiger partial charge >= 0.3 is 0 Å². The van der Waals surface area contributed by atoms with Gasteiger partial charge in [0.25, 0.3) is 0 Å². The normalized spacial score (nSPS) is 12.4. The van der Waals surface area contributed by atoms with Gasteiger partial charge in [-0.3, -0.25) is 0 Å². The fraction of sp³-hybridized carbons (Fsp3) is 0.800. The Balaban J connectivity index is 3.10. The van der Waals surface area contributed by atoms with Gasteiger partial charge in [0.15, 0.2) is 0 Å². The Morgan fingerprint density at radius 3 is 1.68 bits per heavy atom. The zero-order chi connectivity index (χ0) is 16.3. The molecule has 0 amide bonds. The Morgan fingerprint density at radius 2 is 1.18 bits per heavy atom. The number of aliphatic hydroxyl groups is 1. The summed E-state index contributed by atoms with van der Waals surface area (Å²) in [6.07, 6.45) is 25.7. The Kier molecular flexibility index (Phi) is 19.4. The molecule has 0 aliphatic heterocycles. The molecule has 0 aliphatic rings. The summed E-state index contributed by atoms with van der Waals surface area (Å²) in [5.74, 6) is 0. The lowest BCUT2D eigenvalue weighted by Gasteiger charge is -2.01. The van der Waals surface area contributed by atoms with Crippen molar-refractivity contribution in [2.24, 2.45) is 0 Å². The van der Waals surface area contributed by atoms with Crippen molar-refractivity contribution in [3.8, 4) is 0 Å². The number of halogens is 1. The van der Waals surface area contributed by atoms with Crippen molar-refractivity contribution in [3.05, 3.63) is 21.8 Å². The highest BCUT2D eigenvalue weighted by Crippen LogP contribution is 2.13. The molecule has 0 aliphatic carbocycles. The standard InChI is InChI=1S/C20H37IO/c1-2-3-4-5-6-7-8-9-10-11-12-13-14-15-16-17-18-20(21)19-22/h5-6,18,22H,2-4,7-17,19H2,1H3/b6-5-,20-18-. The van der Waals surface area contributed by atoms with Crippen LogP contribution in [0.3, 0.4) is 0 Å². The molecule has 0 saturated carbocycles. The first-order valence-electron chi connectivity index (χ1n) is 9.41. The van der Waals surface area contributed by atoms with Crippen LogP contribution in [0, 0.1) is 0 Å². The van der Waals surface area contributed by atoms with Gasteiger partial charge in [-0.2, -0.15) is 0 Å². The maximum atomic E-state index is 8.88. The van der Waals surface area contributed by atoms with Gasteiger partial charge in [0.2, 0.25) is 0 Å². The summed E-state index contributed by atoms with van der Waals surface area (Å²) in [6, 6.07) is 0. The van der Waals surface area contributed by atoms with Crippen LogP contribution in [0.5, 0.6) is 0 Å². The number of rotatable bonds is 16. The lowest BCUT2D eigenvalue weighted by Crippen LogP contribution is -1.83. The molecule has 1 N–H and O–H groups in total. The van der Waals surface area contributed by atoms with Crippen molar-refractivity contribution in [2.75, 3.05) is 6.61 Å². The summed E-state index contributed by atoms with van der Waals surface area (Å²) in [5, 5.41) is 8.88. The highest BCUT2D eigenvalue weighted by Gasteiger charge is 1.93. The minimum atomic E-state index is 0.203. The van der Waals surface area contributed by atoms with E-state index in [2.05, 4.69) is 47.7 Å². The summed E-state index contributed by atoms with van der Waals surface area (Å²) in [6.45, 7) is 2.46. The van der Waals surface area contributed by atoms with Gasteiger partial charge in [0.1, 0.15) is 0 Å². The van der Waals surface area contributed by atoms with Gasteiger partial charge in [-0.25, -0.2) is 0 Å². The van der Waals surface area contributed by atoms with Crippen LogP contribution in [-0.4, -0.2) is 11.7 Å². The fourth-order valence-corrected chi connectivity index (χ4v) is 2.84. The third-order valence-electron chi connectivity index (χ3n) is 3.98. The lowest BCUT2D eigenvalue weighted by molar-refractivity contribution is 0.340. The van der Waals surface area contributed by atoms with E-state index in [9.17, 15) is 0 Å². The highest BCUT2D eigenvalue weighted by atomic mass is 127. The van der Waals surface area contributed by atoms with Gasteiger partial charge in [0.05, 0.1) is 6.61 Å². The largest absolute Gasteiger partial charge is 0.391 e. The van der Waals surface area contributed by atoms with Crippen LogP contribution in [0.15, 0.2) is 21.8 Å². The average molecular weight is 420 g/mol. The zero-order valence-electron chi connectivity index (χ0n) is 14.7. The van der Waals surface area contributed by atoms with Crippen molar-refractivity contribution in [3.63, 3.8) is 0 Å². The molecule has 0 aromatic heterocycles. The number of unbranched alkanes of at least 4 members (excludes halogenated alkanes) is 12. The quantitative estimate of drug-likeness (QED) is 0.157. The smallest absolute Gasteiger partial charge is 0.0735 e. The second-order valence-electron chi connectivity index (χ2n) is 6.18. The van der Waals surface area contributed by atoms with Crippen LogP contribution in [0.4, 0.5) is 0 Å². The zero-order valence-corrected chi connectivity index (χ0v) is 16.8. The van der Waals surface area contributed by atoms with Gasteiger partial charge < -0.3 is 5.11 Å². The van der Waals surface area contributed by atoms with E-state index in [1.165, 1.54) is 83.5 Å². The molecule has 130 valence electrons. The van der Waals surface area contributed by atoms with Crippen LogP contribution in [0.1, 0.15) is 96.8 Å². The maximum absolute atomic E-state index is 8.88. The van der Waals surface area contributed by atoms with Crippen LogP contribution in [0.2, 0.25) is 0 Å². The molecule has 0 spiro atoms. The van der Waals surface area contributed by atoms with E-state index in [0.717, 1.165) is 10.0 Å². The molecular formula is C20H37IO. The van der Waals surface area contributed by atoms with E-state index >= 15 is 0 Å². The van der Waals surface area contributed by atoms with Crippen molar-refractivity contribution < 1.29 is 5.11 Å². The number of aliphatic hydroxyl groups excluding tert-OH is 1. The summed E-state index contributed by atoms with van der Waals surface area (Å²) in [5.41, 5.74) is 0. The average Bonchev–Trinajstić information content (AvgIpc) is 2.54. The second-order valence-corrected chi connectivity index (χ2v) is 7.57. The molecule has 0 rings (SSSR count). The van der Waals surface area contributed by atoms with Crippen LogP contribution >= 0.6 is 22.6 Å². The molecule has 0 unspecified atom stereocenters. The lowest BCUT2D eigenvalue weighted by atomic mass is 10.1. The number of hydrogen-bond acceptors (Lipinski definition) is 1. The Morgan fingerprint density at radius 1 is 0.727 bits per heavy atom. The summed E-state index contributed by atoms with van der Waals surface area (Å²) < 4.78 is 1.08. The third-order valence-corrected chi connectivity index (χ3v) is 4.76. The molecule has 0 heterocycles. The number of allylic oxidation sites excluding steroid dienone is 3. The molecule has 0 fully saturated rings. The molecule has 0 radical (unpaired) electrons. The van der Waals surface area contributed by atoms with Crippen LogP contribution in [0.25, 0.3) is 0 Å².